The number of hydrogen-bond donors (Lipinski definition) is 1. The molecule has 1 aromatic rings. The summed E-state index contributed by atoms with van der Waals surface area (Å²) in [5, 5.41) is 10.7. The Labute approximate surface area is 182 Å². The number of carbonyl (C=O) groups excluding carboxylic acids is 1. The smallest absolute Gasteiger partial charge is 0.411 e. The monoisotopic (exact) mass is 417 g/mol. The van der Waals surface area contributed by atoms with Gasteiger partial charge in [0.1, 0.15) is 11.5 Å². The number of carbonyl (C=O) groups is 1. The van der Waals surface area contributed by atoms with Gasteiger partial charge in [0.25, 0.3) is 0 Å². The first-order valence-corrected chi connectivity index (χ1v) is 10.8. The van der Waals surface area contributed by atoms with Crippen LogP contribution in [-0.4, -0.2) is 37.0 Å². The molecular formula is C25H39NO4. The summed E-state index contributed by atoms with van der Waals surface area (Å²) in [4.78, 5) is 13.0. The zero-order valence-electron chi connectivity index (χ0n) is 19.6. The molecule has 0 aliphatic heterocycles. The van der Waals surface area contributed by atoms with E-state index in [9.17, 15) is 9.90 Å². The fourth-order valence-electron chi connectivity index (χ4n) is 3.09. The molecule has 0 aliphatic rings. The van der Waals surface area contributed by atoms with Crippen molar-refractivity contribution in [2.24, 2.45) is 0 Å². The highest BCUT2D eigenvalue weighted by Gasteiger charge is 2.14. The van der Waals surface area contributed by atoms with Gasteiger partial charge in [-0.3, -0.25) is 4.90 Å². The van der Waals surface area contributed by atoms with Gasteiger partial charge in [-0.15, -0.1) is 0 Å². The minimum absolute atomic E-state index is 0.0563. The van der Waals surface area contributed by atoms with Crippen LogP contribution in [0.15, 0.2) is 35.4 Å². The second kappa shape index (κ2) is 13.7. The summed E-state index contributed by atoms with van der Waals surface area (Å²) in [5.41, 5.74) is 4.39. The molecule has 0 spiro atoms. The summed E-state index contributed by atoms with van der Waals surface area (Å²) >= 11 is 0. The van der Waals surface area contributed by atoms with E-state index in [1.807, 2.05) is 12.1 Å². The van der Waals surface area contributed by atoms with Crippen LogP contribution in [0.25, 0.3) is 0 Å². The quantitative estimate of drug-likeness (QED) is 0.243. The number of ether oxygens (including phenoxy) is 2. The highest BCUT2D eigenvalue weighted by atomic mass is 16.6. The van der Waals surface area contributed by atoms with Crippen molar-refractivity contribution in [3.05, 3.63) is 46.6 Å². The van der Waals surface area contributed by atoms with Crippen LogP contribution in [0.2, 0.25) is 0 Å². The van der Waals surface area contributed by atoms with Gasteiger partial charge in [-0.2, -0.15) is 0 Å². The van der Waals surface area contributed by atoms with Crippen LogP contribution in [0.3, 0.4) is 0 Å². The van der Waals surface area contributed by atoms with Gasteiger partial charge in [-0.25, -0.2) is 4.79 Å². The first kappa shape index (κ1) is 25.6. The molecule has 1 N–H and O–H groups in total. The minimum Gasteiger partial charge on any atom is -0.508 e. The van der Waals surface area contributed by atoms with E-state index in [0.29, 0.717) is 12.2 Å². The molecule has 1 amide bonds. The fourth-order valence-corrected chi connectivity index (χ4v) is 3.09. The molecule has 0 bridgehead atoms. The van der Waals surface area contributed by atoms with Crippen molar-refractivity contribution >= 4 is 6.09 Å². The summed E-state index contributed by atoms with van der Waals surface area (Å²) in [6, 6.07) is 3.83. The number of amides is 1. The Morgan fingerprint density at radius 3 is 2.53 bits per heavy atom. The van der Waals surface area contributed by atoms with E-state index < -0.39 is 6.09 Å². The number of phenolic OH excluding ortho intramolecular Hbond substituents is 1. The van der Waals surface area contributed by atoms with E-state index in [4.69, 9.17) is 9.47 Å². The predicted octanol–water partition coefficient (Wildman–Crippen LogP) is 6.39. The van der Waals surface area contributed by atoms with E-state index in [1.54, 1.807) is 7.05 Å². The van der Waals surface area contributed by atoms with Crippen molar-refractivity contribution in [3.8, 4) is 11.5 Å². The number of aromatic hydroxyl groups is 1. The van der Waals surface area contributed by atoms with Crippen LogP contribution in [0.1, 0.15) is 70.9 Å². The number of phenols is 1. The average Bonchev–Trinajstić information content (AvgIpc) is 2.70. The number of allylic oxidation sites excluding steroid dienone is 4. The van der Waals surface area contributed by atoms with Crippen molar-refractivity contribution in [1.29, 1.82) is 0 Å². The highest BCUT2D eigenvalue weighted by molar-refractivity contribution is 5.66. The molecule has 0 radical (unpaired) electrons. The van der Waals surface area contributed by atoms with Gasteiger partial charge < -0.3 is 14.6 Å². The van der Waals surface area contributed by atoms with Gasteiger partial charge in [0.2, 0.25) is 0 Å². The maximum absolute atomic E-state index is 11.6. The van der Waals surface area contributed by atoms with Gasteiger partial charge in [0, 0.05) is 12.6 Å². The van der Waals surface area contributed by atoms with Crippen LogP contribution in [-0.2, 0) is 17.6 Å². The van der Waals surface area contributed by atoms with Crippen molar-refractivity contribution in [2.75, 3.05) is 20.9 Å². The molecule has 0 saturated carbocycles. The number of benzene rings is 1. The first-order valence-electron chi connectivity index (χ1n) is 10.8. The fraction of sp³-hybridized carbons (Fsp3) is 0.560. The minimum atomic E-state index is -0.463. The zero-order valence-corrected chi connectivity index (χ0v) is 19.6. The normalized spacial score (nSPS) is 11.2. The Morgan fingerprint density at radius 1 is 1.17 bits per heavy atom. The third kappa shape index (κ3) is 9.38. The van der Waals surface area contributed by atoms with Gasteiger partial charge in [-0.1, -0.05) is 43.1 Å². The number of unbranched alkanes of at least 4 members (excludes halogenated alkanes) is 2. The second-order valence-electron chi connectivity index (χ2n) is 8.06. The van der Waals surface area contributed by atoms with Gasteiger partial charge >= 0.3 is 6.09 Å². The topological polar surface area (TPSA) is 59.0 Å². The zero-order chi connectivity index (χ0) is 22.5. The predicted molar refractivity (Wildman–Crippen MR) is 123 cm³/mol. The van der Waals surface area contributed by atoms with E-state index in [2.05, 4.69) is 39.8 Å². The van der Waals surface area contributed by atoms with Crippen LogP contribution in [0.4, 0.5) is 4.79 Å². The maximum atomic E-state index is 11.6. The summed E-state index contributed by atoms with van der Waals surface area (Å²) in [6.07, 6.45) is 10.8. The molecule has 30 heavy (non-hydrogen) atoms. The lowest BCUT2D eigenvalue weighted by atomic mass is 10.00. The molecule has 168 valence electrons. The Hall–Kier alpha value is -2.43. The molecule has 1 rings (SSSR count). The molecule has 0 heterocycles. The molecule has 5 heteroatoms. The maximum Gasteiger partial charge on any atom is 0.411 e. The number of hydrogen-bond acceptors (Lipinski definition) is 4. The van der Waals surface area contributed by atoms with Crippen molar-refractivity contribution < 1.29 is 19.4 Å². The lowest BCUT2D eigenvalue weighted by Gasteiger charge is -2.19. The molecule has 0 aliphatic carbocycles. The molecule has 0 atom stereocenters. The second-order valence-corrected chi connectivity index (χ2v) is 8.06. The number of methoxy groups -OCH3 is 1. The van der Waals surface area contributed by atoms with E-state index >= 15 is 0 Å². The van der Waals surface area contributed by atoms with Crippen molar-refractivity contribution in [2.45, 2.75) is 72.6 Å². The Kier molecular flexibility index (Phi) is 11.7. The largest absolute Gasteiger partial charge is 0.508 e. The Balaban J connectivity index is 3.00. The van der Waals surface area contributed by atoms with E-state index in [1.165, 1.54) is 23.2 Å². The average molecular weight is 418 g/mol. The molecule has 0 saturated heterocycles. The summed E-state index contributed by atoms with van der Waals surface area (Å²) in [5.74, 6) is 0.860. The number of nitrogens with zero attached hydrogens (tertiary/aromatic N) is 1. The lowest BCUT2D eigenvalue weighted by Crippen LogP contribution is -2.30. The third-order valence-corrected chi connectivity index (χ3v) is 4.96. The standard InChI is InChI=1S/C25H39NO4/c1-7-8-9-13-21-16-23(27)22(15-14-20(4)12-10-11-19(2)3)24(17-21)30-18-26(5)25(28)29-6/h11,14,16-17,27H,7-10,12-13,15,18H2,1-6H3. The van der Waals surface area contributed by atoms with Gasteiger partial charge in [0.05, 0.1) is 7.11 Å². The van der Waals surface area contributed by atoms with Crippen LogP contribution >= 0.6 is 0 Å². The summed E-state index contributed by atoms with van der Waals surface area (Å²) in [7, 11) is 2.96. The molecule has 0 unspecified atom stereocenters. The summed E-state index contributed by atoms with van der Waals surface area (Å²) in [6.45, 7) is 8.55. The van der Waals surface area contributed by atoms with Crippen LogP contribution < -0.4 is 4.74 Å². The SMILES string of the molecule is CCCCCc1cc(O)c(CC=C(C)CCC=C(C)C)c(OCN(C)C(=O)OC)c1. The molecule has 1 aromatic carbocycles. The van der Waals surface area contributed by atoms with Crippen molar-refractivity contribution in [1.82, 2.24) is 4.90 Å². The Morgan fingerprint density at radius 2 is 1.90 bits per heavy atom. The highest BCUT2D eigenvalue weighted by Crippen LogP contribution is 2.32. The van der Waals surface area contributed by atoms with E-state index in [-0.39, 0.29) is 12.5 Å². The lowest BCUT2D eigenvalue weighted by molar-refractivity contribution is 0.0978. The van der Waals surface area contributed by atoms with Crippen LogP contribution in [0, 0.1) is 0 Å². The number of aryl methyl sites for hydroxylation is 1. The van der Waals surface area contributed by atoms with Crippen molar-refractivity contribution in [3.63, 3.8) is 0 Å². The molecule has 0 aromatic heterocycles. The van der Waals surface area contributed by atoms with Crippen LogP contribution in [0.5, 0.6) is 11.5 Å². The Bertz CT molecular complexity index is 733. The molecule has 0 fully saturated rings. The molecular weight excluding hydrogens is 378 g/mol. The van der Waals surface area contributed by atoms with Gasteiger partial charge in [0.15, 0.2) is 6.73 Å². The van der Waals surface area contributed by atoms with Gasteiger partial charge in [-0.05, 0) is 70.6 Å². The molecule has 5 nitrogen and oxygen atoms in total. The van der Waals surface area contributed by atoms with E-state index in [0.717, 1.165) is 49.7 Å². The first-order chi connectivity index (χ1) is 14.3. The third-order valence-electron chi connectivity index (χ3n) is 4.96. The number of rotatable bonds is 12. The summed E-state index contributed by atoms with van der Waals surface area (Å²) < 4.78 is 10.6.